The molecular weight excluding hydrogens is 323 g/mol. The number of urea groups is 1. The Labute approximate surface area is 128 Å². The molecule has 0 aliphatic heterocycles. The topological polar surface area (TPSA) is 88.9 Å². The van der Waals surface area contributed by atoms with Crippen LogP contribution >= 0.6 is 11.8 Å². The van der Waals surface area contributed by atoms with Crippen LogP contribution in [0.4, 0.5) is 18.0 Å². The Balaban J connectivity index is 1.74. The normalized spacial score (nSPS) is 14.7. The molecule has 2 N–H and O–H groups in total. The van der Waals surface area contributed by atoms with Gasteiger partial charge in [0, 0.05) is 13.0 Å². The molecule has 1 aliphatic carbocycles. The first-order valence-corrected chi connectivity index (χ1v) is 7.41. The van der Waals surface area contributed by atoms with Gasteiger partial charge in [0.2, 0.25) is 5.91 Å². The fourth-order valence-corrected chi connectivity index (χ4v) is 2.38. The van der Waals surface area contributed by atoms with Crippen LogP contribution in [0.1, 0.15) is 24.6 Å². The molecule has 1 aromatic rings. The van der Waals surface area contributed by atoms with Crippen LogP contribution < -0.4 is 10.6 Å². The van der Waals surface area contributed by atoms with Gasteiger partial charge in [0.15, 0.2) is 5.16 Å². The van der Waals surface area contributed by atoms with Gasteiger partial charge in [0.1, 0.15) is 12.4 Å². The lowest BCUT2D eigenvalue weighted by Crippen LogP contribution is -2.43. The summed E-state index contributed by atoms with van der Waals surface area (Å²) in [4.78, 5) is 22.6. The number of carbonyl (C=O) groups is 2. The van der Waals surface area contributed by atoms with Gasteiger partial charge in [-0.1, -0.05) is 11.8 Å². The van der Waals surface area contributed by atoms with Crippen LogP contribution in [0.2, 0.25) is 0 Å². The monoisotopic (exact) mass is 337 g/mol. The smallest absolute Gasteiger partial charge is 0.329 e. The molecule has 0 bridgehead atoms. The first kappa shape index (κ1) is 16.6. The minimum Gasteiger partial charge on any atom is -0.329 e. The Morgan fingerprint density at radius 3 is 2.64 bits per heavy atom. The molecule has 122 valence electrons. The number of amides is 3. The van der Waals surface area contributed by atoms with E-state index < -0.39 is 24.7 Å². The molecule has 0 spiro atoms. The van der Waals surface area contributed by atoms with Gasteiger partial charge < -0.3 is 9.88 Å². The summed E-state index contributed by atoms with van der Waals surface area (Å²) in [6.07, 6.45) is -2.39. The average Bonchev–Trinajstić information content (AvgIpc) is 3.18. The van der Waals surface area contributed by atoms with Gasteiger partial charge in [0.05, 0.1) is 5.75 Å². The van der Waals surface area contributed by atoms with Crippen LogP contribution in [-0.4, -0.2) is 45.2 Å². The third kappa shape index (κ3) is 4.90. The highest BCUT2D eigenvalue weighted by Gasteiger charge is 2.30. The number of thioether (sulfide) groups is 1. The summed E-state index contributed by atoms with van der Waals surface area (Å²) in [5.41, 5.74) is 0. The first-order valence-electron chi connectivity index (χ1n) is 6.43. The van der Waals surface area contributed by atoms with Crippen molar-refractivity contribution in [3.05, 3.63) is 5.82 Å². The lowest BCUT2D eigenvalue weighted by molar-refractivity contribution is -0.124. The zero-order chi connectivity index (χ0) is 16.3. The number of imide groups is 1. The molecule has 1 aliphatic rings. The van der Waals surface area contributed by atoms with Crippen molar-refractivity contribution in [1.82, 2.24) is 25.4 Å². The van der Waals surface area contributed by atoms with Crippen molar-refractivity contribution < 1.29 is 22.8 Å². The van der Waals surface area contributed by atoms with Gasteiger partial charge in [-0.2, -0.15) is 13.2 Å². The zero-order valence-corrected chi connectivity index (χ0v) is 12.4. The predicted molar refractivity (Wildman–Crippen MR) is 71.3 cm³/mol. The standard InChI is InChI=1S/C11H14F3N5O2S/c1-19-8(6-2-3-6)17-18-10(19)22-4-7(20)16-9(21)15-5-11(12,13)14/h6H,2-5H2,1H3,(H2,15,16,20,21). The summed E-state index contributed by atoms with van der Waals surface area (Å²) in [6.45, 7) is -1.49. The van der Waals surface area contributed by atoms with Gasteiger partial charge in [-0.05, 0) is 12.8 Å². The van der Waals surface area contributed by atoms with Crippen LogP contribution in [0.25, 0.3) is 0 Å². The number of nitrogens with one attached hydrogen (secondary N) is 2. The molecule has 0 atom stereocenters. The maximum Gasteiger partial charge on any atom is 0.405 e. The minimum atomic E-state index is -4.52. The van der Waals surface area contributed by atoms with Gasteiger partial charge in [-0.15, -0.1) is 10.2 Å². The number of nitrogens with zero attached hydrogens (tertiary/aromatic N) is 3. The van der Waals surface area contributed by atoms with E-state index in [2.05, 4.69) is 10.2 Å². The highest BCUT2D eigenvalue weighted by atomic mass is 32.2. The van der Waals surface area contributed by atoms with Crippen molar-refractivity contribution >= 4 is 23.7 Å². The predicted octanol–water partition coefficient (Wildman–Crippen LogP) is 1.17. The largest absolute Gasteiger partial charge is 0.405 e. The van der Waals surface area contributed by atoms with Crippen molar-refractivity contribution in [2.75, 3.05) is 12.3 Å². The van der Waals surface area contributed by atoms with Crippen molar-refractivity contribution in [3.63, 3.8) is 0 Å². The second-order valence-electron chi connectivity index (χ2n) is 4.81. The molecule has 1 saturated carbocycles. The molecular formula is C11H14F3N5O2S. The Kier molecular flexibility index (Phi) is 4.94. The molecule has 1 heterocycles. The Bertz CT molecular complexity index is 571. The summed E-state index contributed by atoms with van der Waals surface area (Å²) < 4.78 is 37.4. The number of hydrogen-bond acceptors (Lipinski definition) is 5. The minimum absolute atomic E-state index is 0.143. The molecule has 1 aromatic heterocycles. The number of rotatable bonds is 5. The number of carbonyl (C=O) groups excluding carboxylic acids is 2. The molecule has 0 aromatic carbocycles. The lowest BCUT2D eigenvalue weighted by atomic mass is 10.4. The summed E-state index contributed by atoms with van der Waals surface area (Å²) in [5, 5.41) is 11.9. The van der Waals surface area contributed by atoms with Crippen LogP contribution in [0.15, 0.2) is 5.16 Å². The number of aromatic nitrogens is 3. The number of alkyl halides is 3. The molecule has 0 radical (unpaired) electrons. The third-order valence-corrected chi connectivity index (χ3v) is 3.87. The van der Waals surface area contributed by atoms with Gasteiger partial charge in [-0.25, -0.2) is 4.79 Å². The number of hydrogen-bond donors (Lipinski definition) is 2. The number of halogens is 3. The summed E-state index contributed by atoms with van der Waals surface area (Å²) in [5.74, 6) is 0.413. The van der Waals surface area contributed by atoms with Crippen LogP contribution in [0, 0.1) is 0 Å². The maximum absolute atomic E-state index is 11.9. The van der Waals surface area contributed by atoms with E-state index in [9.17, 15) is 22.8 Å². The second-order valence-corrected chi connectivity index (χ2v) is 5.75. The van der Waals surface area contributed by atoms with E-state index in [1.807, 2.05) is 5.32 Å². The third-order valence-electron chi connectivity index (χ3n) is 2.85. The molecule has 11 heteroatoms. The summed E-state index contributed by atoms with van der Waals surface area (Å²) in [6, 6.07) is -1.18. The highest BCUT2D eigenvalue weighted by molar-refractivity contribution is 7.99. The van der Waals surface area contributed by atoms with Crippen LogP contribution in [-0.2, 0) is 11.8 Å². The quantitative estimate of drug-likeness (QED) is 0.788. The van der Waals surface area contributed by atoms with Gasteiger partial charge >= 0.3 is 12.2 Å². The highest BCUT2D eigenvalue weighted by Crippen LogP contribution is 2.39. The van der Waals surface area contributed by atoms with Gasteiger partial charge in [-0.3, -0.25) is 10.1 Å². The fraction of sp³-hybridized carbons (Fsp3) is 0.636. The Morgan fingerprint density at radius 1 is 1.36 bits per heavy atom. The summed E-state index contributed by atoms with van der Waals surface area (Å²) >= 11 is 1.06. The van der Waals surface area contributed by atoms with Crippen molar-refractivity contribution in [2.45, 2.75) is 30.1 Å². The van der Waals surface area contributed by atoms with E-state index in [1.165, 1.54) is 0 Å². The zero-order valence-electron chi connectivity index (χ0n) is 11.6. The van der Waals surface area contributed by atoms with E-state index in [-0.39, 0.29) is 5.75 Å². The van der Waals surface area contributed by atoms with Crippen molar-refractivity contribution in [3.8, 4) is 0 Å². The molecule has 22 heavy (non-hydrogen) atoms. The lowest BCUT2D eigenvalue weighted by Gasteiger charge is -2.08. The SMILES string of the molecule is Cn1c(SCC(=O)NC(=O)NCC(F)(F)F)nnc1C1CC1. The van der Waals surface area contributed by atoms with E-state index in [1.54, 1.807) is 16.9 Å². The molecule has 1 fully saturated rings. The molecule has 2 rings (SSSR count). The van der Waals surface area contributed by atoms with Crippen molar-refractivity contribution in [2.24, 2.45) is 7.05 Å². The molecule has 7 nitrogen and oxygen atoms in total. The summed E-state index contributed by atoms with van der Waals surface area (Å²) in [7, 11) is 1.78. The van der Waals surface area contributed by atoms with Crippen LogP contribution in [0.3, 0.4) is 0 Å². The maximum atomic E-state index is 11.9. The van der Waals surface area contributed by atoms with Gasteiger partial charge in [0.25, 0.3) is 0 Å². The van der Waals surface area contributed by atoms with E-state index >= 15 is 0 Å². The second kappa shape index (κ2) is 6.55. The Hall–Kier alpha value is -1.78. The Morgan fingerprint density at radius 2 is 2.05 bits per heavy atom. The first-order chi connectivity index (χ1) is 10.3. The molecule has 0 saturated heterocycles. The van der Waals surface area contributed by atoms with Crippen molar-refractivity contribution in [1.29, 1.82) is 0 Å². The van der Waals surface area contributed by atoms with E-state index in [0.29, 0.717) is 11.1 Å². The van der Waals surface area contributed by atoms with Crippen LogP contribution in [0.5, 0.6) is 0 Å². The van der Waals surface area contributed by atoms with E-state index in [4.69, 9.17) is 0 Å². The molecule has 3 amide bonds. The average molecular weight is 337 g/mol. The fourth-order valence-electron chi connectivity index (χ4n) is 1.67. The van der Waals surface area contributed by atoms with E-state index in [0.717, 1.165) is 30.4 Å². The molecule has 0 unspecified atom stereocenters.